The molecular formula is C19H17NO4. The Labute approximate surface area is 138 Å². The molecule has 0 N–H and O–H groups in total. The van der Waals surface area contributed by atoms with E-state index in [9.17, 15) is 9.59 Å². The van der Waals surface area contributed by atoms with E-state index in [1.165, 1.54) is 7.11 Å². The lowest BCUT2D eigenvalue weighted by Crippen LogP contribution is -2.22. The maximum absolute atomic E-state index is 12.8. The van der Waals surface area contributed by atoms with Crippen LogP contribution in [-0.2, 0) is 17.7 Å². The molecule has 0 unspecified atom stereocenters. The van der Waals surface area contributed by atoms with E-state index in [2.05, 4.69) is 0 Å². The van der Waals surface area contributed by atoms with E-state index < -0.39 is 5.97 Å². The first-order valence-corrected chi connectivity index (χ1v) is 7.96. The fraction of sp³-hybridized carbons (Fsp3) is 0.263. The molecule has 1 aliphatic heterocycles. The number of ether oxygens (including phenoxy) is 1. The summed E-state index contributed by atoms with van der Waals surface area (Å²) in [5.41, 5.74) is 2.98. The summed E-state index contributed by atoms with van der Waals surface area (Å²) < 4.78 is 12.5. The van der Waals surface area contributed by atoms with Crippen LogP contribution in [0, 0.1) is 6.92 Å². The van der Waals surface area contributed by atoms with Gasteiger partial charge < -0.3 is 13.7 Å². The molecule has 3 heterocycles. The molecule has 0 saturated carbocycles. The average molecular weight is 323 g/mol. The monoisotopic (exact) mass is 323 g/mol. The molecule has 0 bridgehead atoms. The molecule has 122 valence electrons. The highest BCUT2D eigenvalue weighted by Gasteiger charge is 2.30. The van der Waals surface area contributed by atoms with Crippen LogP contribution in [0.5, 0.6) is 0 Å². The number of fused-ring (bicyclic) bond motifs is 2. The molecule has 4 rings (SSSR count). The van der Waals surface area contributed by atoms with Gasteiger partial charge in [-0.2, -0.15) is 0 Å². The average Bonchev–Trinajstić information content (AvgIpc) is 3.20. The molecule has 0 amide bonds. The molecule has 1 aromatic carbocycles. The van der Waals surface area contributed by atoms with Gasteiger partial charge in [-0.3, -0.25) is 4.79 Å². The number of esters is 1. The number of methoxy groups -OCH3 is 1. The normalized spacial score (nSPS) is 13.2. The first-order valence-electron chi connectivity index (χ1n) is 7.96. The van der Waals surface area contributed by atoms with Crippen LogP contribution in [0.2, 0.25) is 0 Å². The van der Waals surface area contributed by atoms with Crippen LogP contribution < -0.4 is 5.56 Å². The fourth-order valence-corrected chi connectivity index (χ4v) is 3.63. The summed E-state index contributed by atoms with van der Waals surface area (Å²) in [6.45, 7) is 2.42. The molecule has 5 heteroatoms. The highest BCUT2D eigenvalue weighted by molar-refractivity contribution is 6.10. The smallest absolute Gasteiger partial charge is 0.340 e. The van der Waals surface area contributed by atoms with Gasteiger partial charge in [0.2, 0.25) is 5.58 Å². The lowest BCUT2D eigenvalue weighted by atomic mass is 9.97. The highest BCUT2D eigenvalue weighted by Crippen LogP contribution is 2.37. The van der Waals surface area contributed by atoms with Gasteiger partial charge in [0.25, 0.3) is 5.56 Å². The van der Waals surface area contributed by atoms with E-state index in [1.807, 2.05) is 37.3 Å². The van der Waals surface area contributed by atoms with Gasteiger partial charge in [-0.05, 0) is 25.3 Å². The Morgan fingerprint density at radius 1 is 1.25 bits per heavy atom. The molecule has 0 saturated heterocycles. The van der Waals surface area contributed by atoms with E-state index in [4.69, 9.17) is 9.15 Å². The van der Waals surface area contributed by atoms with Gasteiger partial charge in [0.1, 0.15) is 5.76 Å². The molecule has 5 nitrogen and oxygen atoms in total. The second-order valence-corrected chi connectivity index (χ2v) is 5.98. The molecule has 0 radical (unpaired) electrons. The standard InChI is InChI=1S/C19H17NO4/c1-11-14(12-7-4-3-5-8-12)16-15(19(22)23-2)13-9-6-10-20(13)18(21)17(16)24-11/h3-5,7-8H,6,9-10H2,1-2H3. The van der Waals surface area contributed by atoms with Crippen molar-refractivity contribution in [2.24, 2.45) is 0 Å². The number of benzene rings is 1. The van der Waals surface area contributed by atoms with Gasteiger partial charge in [0.15, 0.2) is 0 Å². The van der Waals surface area contributed by atoms with Crippen LogP contribution in [0.1, 0.15) is 28.2 Å². The third kappa shape index (κ3) is 1.94. The Kier molecular flexibility index (Phi) is 3.30. The Morgan fingerprint density at radius 2 is 2.00 bits per heavy atom. The van der Waals surface area contributed by atoms with Gasteiger partial charge in [0, 0.05) is 17.8 Å². The number of aryl methyl sites for hydroxylation is 1. The minimum atomic E-state index is -0.427. The first-order chi connectivity index (χ1) is 11.6. The molecule has 1 aliphatic rings. The van der Waals surface area contributed by atoms with Crippen LogP contribution in [0.25, 0.3) is 22.1 Å². The van der Waals surface area contributed by atoms with Gasteiger partial charge in [-0.15, -0.1) is 0 Å². The molecule has 0 atom stereocenters. The minimum absolute atomic E-state index is 0.171. The van der Waals surface area contributed by atoms with Crippen molar-refractivity contribution in [2.45, 2.75) is 26.3 Å². The van der Waals surface area contributed by atoms with E-state index in [-0.39, 0.29) is 11.1 Å². The lowest BCUT2D eigenvalue weighted by Gasteiger charge is -2.11. The van der Waals surface area contributed by atoms with E-state index in [0.717, 1.165) is 23.2 Å². The second kappa shape index (κ2) is 5.37. The predicted molar refractivity (Wildman–Crippen MR) is 90.3 cm³/mol. The predicted octanol–water partition coefficient (Wildman–Crippen LogP) is 3.30. The largest absolute Gasteiger partial charge is 0.465 e. The van der Waals surface area contributed by atoms with Crippen LogP contribution in [0.15, 0.2) is 39.5 Å². The van der Waals surface area contributed by atoms with E-state index >= 15 is 0 Å². The van der Waals surface area contributed by atoms with Crippen molar-refractivity contribution < 1.29 is 13.9 Å². The topological polar surface area (TPSA) is 61.4 Å². The maximum atomic E-state index is 12.8. The Bertz CT molecular complexity index is 1010. The zero-order valence-electron chi connectivity index (χ0n) is 13.6. The minimum Gasteiger partial charge on any atom is -0.465 e. The number of carbonyl (C=O) groups excluding carboxylic acids is 1. The Hall–Kier alpha value is -2.82. The molecule has 2 aromatic heterocycles. The molecule has 24 heavy (non-hydrogen) atoms. The second-order valence-electron chi connectivity index (χ2n) is 5.98. The van der Waals surface area contributed by atoms with E-state index in [1.54, 1.807) is 4.57 Å². The van der Waals surface area contributed by atoms with Crippen LogP contribution >= 0.6 is 0 Å². The number of hydrogen-bond donors (Lipinski definition) is 0. The van der Waals surface area contributed by atoms with Crippen molar-refractivity contribution in [2.75, 3.05) is 7.11 Å². The molecule has 0 fully saturated rings. The summed E-state index contributed by atoms with van der Waals surface area (Å²) in [6.07, 6.45) is 1.53. The maximum Gasteiger partial charge on any atom is 0.340 e. The number of nitrogens with zero attached hydrogens (tertiary/aromatic N) is 1. The van der Waals surface area contributed by atoms with Crippen molar-refractivity contribution in [3.63, 3.8) is 0 Å². The van der Waals surface area contributed by atoms with Crippen molar-refractivity contribution in [3.8, 4) is 11.1 Å². The van der Waals surface area contributed by atoms with Gasteiger partial charge >= 0.3 is 5.97 Å². The SMILES string of the molecule is COC(=O)c1c2n(c(=O)c3oc(C)c(-c4ccccc4)c13)CCC2. The van der Waals surface area contributed by atoms with Gasteiger partial charge in [0.05, 0.1) is 18.1 Å². The Morgan fingerprint density at radius 3 is 2.71 bits per heavy atom. The zero-order chi connectivity index (χ0) is 16.8. The third-order valence-electron chi connectivity index (χ3n) is 4.64. The van der Waals surface area contributed by atoms with Crippen molar-refractivity contribution in [3.05, 3.63) is 57.7 Å². The third-order valence-corrected chi connectivity index (χ3v) is 4.64. The van der Waals surface area contributed by atoms with Gasteiger partial charge in [-0.25, -0.2) is 4.79 Å². The summed E-state index contributed by atoms with van der Waals surface area (Å²) in [4.78, 5) is 25.3. The summed E-state index contributed by atoms with van der Waals surface area (Å²) in [7, 11) is 1.36. The molecular weight excluding hydrogens is 306 g/mol. The van der Waals surface area contributed by atoms with Crippen molar-refractivity contribution in [1.82, 2.24) is 4.57 Å². The number of furan rings is 1. The fourth-order valence-electron chi connectivity index (χ4n) is 3.63. The molecule has 0 spiro atoms. The van der Waals surface area contributed by atoms with Crippen molar-refractivity contribution in [1.29, 1.82) is 0 Å². The summed E-state index contributed by atoms with van der Waals surface area (Å²) >= 11 is 0. The molecule has 0 aliphatic carbocycles. The highest BCUT2D eigenvalue weighted by atomic mass is 16.5. The number of pyridine rings is 1. The molecule has 3 aromatic rings. The quantitative estimate of drug-likeness (QED) is 0.679. The summed E-state index contributed by atoms with van der Waals surface area (Å²) in [5.74, 6) is 0.200. The summed E-state index contributed by atoms with van der Waals surface area (Å²) in [6, 6.07) is 9.67. The Balaban J connectivity index is 2.20. The number of aromatic nitrogens is 1. The zero-order valence-corrected chi connectivity index (χ0v) is 13.6. The van der Waals surface area contributed by atoms with Crippen LogP contribution in [-0.4, -0.2) is 17.6 Å². The van der Waals surface area contributed by atoms with E-state index in [0.29, 0.717) is 29.7 Å². The van der Waals surface area contributed by atoms with Gasteiger partial charge in [-0.1, -0.05) is 30.3 Å². The lowest BCUT2D eigenvalue weighted by molar-refractivity contribution is 0.0601. The van der Waals surface area contributed by atoms with Crippen molar-refractivity contribution >= 4 is 16.9 Å². The number of carbonyl (C=O) groups is 1. The van der Waals surface area contributed by atoms with Crippen LogP contribution in [0.4, 0.5) is 0 Å². The summed E-state index contributed by atoms with van der Waals surface area (Å²) in [5, 5.41) is 0.573. The number of hydrogen-bond acceptors (Lipinski definition) is 4. The number of rotatable bonds is 2. The van der Waals surface area contributed by atoms with Crippen LogP contribution in [0.3, 0.4) is 0 Å². The first kappa shape index (κ1) is 14.8.